The van der Waals surface area contributed by atoms with Gasteiger partial charge in [0, 0.05) is 23.7 Å². The lowest BCUT2D eigenvalue weighted by Crippen LogP contribution is -2.23. The summed E-state index contributed by atoms with van der Waals surface area (Å²) in [4.78, 5) is 12.2. The Bertz CT molecular complexity index is 1040. The highest BCUT2D eigenvalue weighted by Gasteiger charge is 2.21. The van der Waals surface area contributed by atoms with Crippen LogP contribution in [0.5, 0.6) is 11.5 Å². The number of phenolic OH excluding ortho intramolecular Hbond substituents is 1. The molecule has 30 heavy (non-hydrogen) atoms. The molecule has 0 spiro atoms. The van der Waals surface area contributed by atoms with Crippen molar-refractivity contribution < 1.29 is 9.84 Å². The third-order valence-corrected chi connectivity index (χ3v) is 6.16. The number of nitrogens with two attached hydrogens (primary N) is 2. The minimum Gasteiger partial charge on any atom is -0.505 e. The molecule has 0 aliphatic heterocycles. The number of nitrogen functional groups attached to an aromatic ring is 1. The lowest BCUT2D eigenvalue weighted by atomic mass is 10.0. The molecule has 1 heterocycles. The highest BCUT2D eigenvalue weighted by atomic mass is 32.1. The van der Waals surface area contributed by atoms with Crippen molar-refractivity contribution in [3.05, 3.63) is 51.1 Å². The van der Waals surface area contributed by atoms with E-state index in [0.717, 1.165) is 60.3 Å². The van der Waals surface area contributed by atoms with Gasteiger partial charge in [-0.2, -0.15) is 0 Å². The number of aromatic hydroxyl groups is 1. The Balaban J connectivity index is 1.89. The Morgan fingerprint density at radius 1 is 1.17 bits per heavy atom. The van der Waals surface area contributed by atoms with Crippen molar-refractivity contribution in [2.75, 3.05) is 12.3 Å². The van der Waals surface area contributed by atoms with Gasteiger partial charge in [-0.05, 0) is 37.5 Å². The van der Waals surface area contributed by atoms with Gasteiger partial charge < -0.3 is 21.3 Å². The molecule has 0 aliphatic carbocycles. The maximum absolute atomic E-state index is 12.4. The number of unbranched alkanes of at least 4 members (excludes halogenated alkanes) is 3. The fourth-order valence-electron chi connectivity index (χ4n) is 3.63. The average molecular weight is 430 g/mol. The van der Waals surface area contributed by atoms with Crippen molar-refractivity contribution in [1.29, 1.82) is 0 Å². The Morgan fingerprint density at radius 3 is 2.57 bits per heavy atom. The Labute approximate surface area is 181 Å². The van der Waals surface area contributed by atoms with Crippen molar-refractivity contribution in [1.82, 2.24) is 4.57 Å². The van der Waals surface area contributed by atoms with Crippen LogP contribution in [0.3, 0.4) is 0 Å². The Morgan fingerprint density at radius 2 is 1.90 bits per heavy atom. The summed E-state index contributed by atoms with van der Waals surface area (Å²) in [6, 6.07) is 9.60. The van der Waals surface area contributed by atoms with Gasteiger partial charge in [0.1, 0.15) is 17.0 Å². The van der Waals surface area contributed by atoms with Gasteiger partial charge in [-0.1, -0.05) is 49.7 Å². The van der Waals surface area contributed by atoms with Crippen LogP contribution in [0.25, 0.3) is 10.2 Å². The normalized spacial score (nSPS) is 12.4. The first kappa shape index (κ1) is 22.2. The summed E-state index contributed by atoms with van der Waals surface area (Å²) in [6.45, 7) is 4.38. The van der Waals surface area contributed by atoms with Crippen LogP contribution in [0.4, 0.5) is 5.69 Å². The molecule has 0 amide bonds. The minimum atomic E-state index is -0.512. The standard InChI is InChI=1S/C23H31N3O3S/c1-3-4-5-6-7-18-19(29-13-12-16-8-10-17(25)11-9-16)14-20-21(22(18)27)26(15(2)24)23(28)30-20/h8-11,14-15,27H,3-7,12-13,24-25H2,1-2H3. The van der Waals surface area contributed by atoms with Crippen LogP contribution in [0.1, 0.15) is 56.8 Å². The zero-order valence-corrected chi connectivity index (χ0v) is 18.5. The number of hydrogen-bond donors (Lipinski definition) is 3. The maximum atomic E-state index is 12.4. The van der Waals surface area contributed by atoms with Crippen molar-refractivity contribution in [2.24, 2.45) is 5.73 Å². The number of benzene rings is 2. The second-order valence-corrected chi connectivity index (χ2v) is 8.67. The third kappa shape index (κ3) is 4.96. The predicted octanol–water partition coefficient (Wildman–Crippen LogP) is 4.57. The number of phenols is 1. The molecule has 5 N–H and O–H groups in total. The van der Waals surface area contributed by atoms with Gasteiger partial charge >= 0.3 is 4.87 Å². The lowest BCUT2D eigenvalue weighted by molar-refractivity contribution is 0.316. The zero-order valence-electron chi connectivity index (χ0n) is 17.7. The fourth-order valence-corrected chi connectivity index (χ4v) is 4.63. The van der Waals surface area contributed by atoms with Gasteiger partial charge in [0.25, 0.3) is 0 Å². The summed E-state index contributed by atoms with van der Waals surface area (Å²) in [7, 11) is 0. The fraction of sp³-hybridized carbons (Fsp3) is 0.435. The van der Waals surface area contributed by atoms with E-state index in [1.807, 2.05) is 30.3 Å². The highest BCUT2D eigenvalue weighted by Crippen LogP contribution is 2.39. The first-order chi connectivity index (χ1) is 14.4. The van der Waals surface area contributed by atoms with E-state index in [-0.39, 0.29) is 10.6 Å². The molecule has 0 saturated heterocycles. The van der Waals surface area contributed by atoms with Crippen LogP contribution in [-0.4, -0.2) is 16.3 Å². The second kappa shape index (κ2) is 10.00. The largest absolute Gasteiger partial charge is 0.505 e. The minimum absolute atomic E-state index is 0.113. The van der Waals surface area contributed by atoms with Gasteiger partial charge in [0.2, 0.25) is 0 Å². The number of nitrogens with zero attached hydrogens (tertiary/aromatic N) is 1. The number of thiazole rings is 1. The summed E-state index contributed by atoms with van der Waals surface area (Å²) in [5.41, 5.74) is 14.9. The van der Waals surface area contributed by atoms with Crippen LogP contribution < -0.4 is 21.1 Å². The van der Waals surface area contributed by atoms with E-state index in [9.17, 15) is 9.90 Å². The number of hydrogen-bond acceptors (Lipinski definition) is 6. The molecule has 0 aliphatic rings. The van der Waals surface area contributed by atoms with Gasteiger partial charge in [0.15, 0.2) is 0 Å². The average Bonchev–Trinajstić information content (AvgIpc) is 3.05. The number of aromatic nitrogens is 1. The number of rotatable bonds is 10. The monoisotopic (exact) mass is 429 g/mol. The highest BCUT2D eigenvalue weighted by molar-refractivity contribution is 7.16. The summed E-state index contributed by atoms with van der Waals surface area (Å²) < 4.78 is 8.25. The molecule has 162 valence electrons. The number of fused-ring (bicyclic) bond motifs is 1. The molecule has 3 rings (SSSR count). The van der Waals surface area contributed by atoms with E-state index in [4.69, 9.17) is 16.2 Å². The van der Waals surface area contributed by atoms with Gasteiger partial charge in [-0.3, -0.25) is 9.36 Å². The molecule has 0 bridgehead atoms. The molecule has 3 aromatic rings. The summed E-state index contributed by atoms with van der Waals surface area (Å²) >= 11 is 1.08. The van der Waals surface area contributed by atoms with Gasteiger partial charge in [-0.15, -0.1) is 0 Å². The van der Waals surface area contributed by atoms with Gasteiger partial charge in [0.05, 0.1) is 17.5 Å². The quantitative estimate of drug-likeness (QED) is 0.323. The molecule has 0 fully saturated rings. The van der Waals surface area contributed by atoms with E-state index in [1.165, 1.54) is 4.57 Å². The summed E-state index contributed by atoms with van der Waals surface area (Å²) in [5.74, 6) is 0.757. The third-order valence-electron chi connectivity index (χ3n) is 5.25. The van der Waals surface area contributed by atoms with E-state index < -0.39 is 6.17 Å². The molecule has 0 radical (unpaired) electrons. The van der Waals surface area contributed by atoms with Crippen LogP contribution in [0, 0.1) is 0 Å². The Hall–Kier alpha value is -2.51. The summed E-state index contributed by atoms with van der Waals surface area (Å²) in [6.07, 6.45) is 5.25. The number of anilines is 1. The van der Waals surface area contributed by atoms with E-state index in [2.05, 4.69) is 6.92 Å². The van der Waals surface area contributed by atoms with E-state index >= 15 is 0 Å². The molecule has 1 atom stereocenters. The molecule has 1 aromatic heterocycles. The van der Waals surface area contributed by atoms with E-state index in [0.29, 0.717) is 29.0 Å². The maximum Gasteiger partial charge on any atom is 0.309 e. The zero-order chi connectivity index (χ0) is 21.7. The lowest BCUT2D eigenvalue weighted by Gasteiger charge is -2.16. The molecule has 1 unspecified atom stereocenters. The van der Waals surface area contributed by atoms with Crippen LogP contribution >= 0.6 is 11.3 Å². The van der Waals surface area contributed by atoms with Crippen molar-refractivity contribution in [2.45, 2.75) is 58.5 Å². The van der Waals surface area contributed by atoms with E-state index in [1.54, 1.807) is 6.92 Å². The van der Waals surface area contributed by atoms with Crippen molar-refractivity contribution in [3.63, 3.8) is 0 Å². The molecule has 7 heteroatoms. The summed E-state index contributed by atoms with van der Waals surface area (Å²) in [5, 5.41) is 11.1. The smallest absolute Gasteiger partial charge is 0.309 e. The Kier molecular flexibility index (Phi) is 7.39. The topological polar surface area (TPSA) is 104 Å². The molecular weight excluding hydrogens is 398 g/mol. The van der Waals surface area contributed by atoms with Crippen LogP contribution in [-0.2, 0) is 12.8 Å². The molecular formula is C23H31N3O3S. The number of ether oxygens (including phenoxy) is 1. The van der Waals surface area contributed by atoms with Crippen LogP contribution in [0.15, 0.2) is 35.1 Å². The molecule has 6 nitrogen and oxygen atoms in total. The molecule has 2 aromatic carbocycles. The second-order valence-electron chi connectivity index (χ2n) is 7.68. The van der Waals surface area contributed by atoms with Crippen LogP contribution in [0.2, 0.25) is 0 Å². The predicted molar refractivity (Wildman–Crippen MR) is 125 cm³/mol. The first-order valence-corrected chi connectivity index (χ1v) is 11.4. The molecule has 0 saturated carbocycles. The van der Waals surface area contributed by atoms with Crippen molar-refractivity contribution in [3.8, 4) is 11.5 Å². The SMILES string of the molecule is CCCCCCc1c(OCCc2ccc(N)cc2)cc2sc(=O)n(C(C)N)c2c1O. The van der Waals surface area contributed by atoms with Crippen molar-refractivity contribution >= 4 is 27.2 Å². The van der Waals surface area contributed by atoms with Gasteiger partial charge in [-0.25, -0.2) is 0 Å². The first-order valence-electron chi connectivity index (χ1n) is 10.5.